The van der Waals surface area contributed by atoms with Crippen LogP contribution in [0, 0.1) is 17.2 Å². The normalized spacial score (nSPS) is 19.3. The van der Waals surface area contributed by atoms with Crippen molar-refractivity contribution in [3.8, 4) is 6.07 Å². The number of anilines is 2. The average molecular weight is 275 g/mol. The molecule has 0 aromatic carbocycles. The van der Waals surface area contributed by atoms with Gasteiger partial charge in [0.2, 0.25) is 0 Å². The van der Waals surface area contributed by atoms with Gasteiger partial charge in [0.1, 0.15) is 16.6 Å². The van der Waals surface area contributed by atoms with Crippen molar-refractivity contribution < 1.29 is 4.79 Å². The predicted octanol–water partition coefficient (Wildman–Crippen LogP) is 3.15. The number of hydrogen-bond acceptors (Lipinski definition) is 5. The Kier molecular flexibility index (Phi) is 3.19. The number of thiophene rings is 1. The molecule has 0 amide bonds. The molecule has 0 radical (unpaired) electrons. The van der Waals surface area contributed by atoms with E-state index in [2.05, 4.69) is 11.4 Å². The van der Waals surface area contributed by atoms with Crippen molar-refractivity contribution in [3.63, 3.8) is 0 Å². The van der Waals surface area contributed by atoms with E-state index in [-0.39, 0.29) is 11.7 Å². The van der Waals surface area contributed by atoms with Gasteiger partial charge in [-0.25, -0.2) is 0 Å². The van der Waals surface area contributed by atoms with Crippen LogP contribution >= 0.6 is 11.3 Å². The molecular formula is C14H17N3OS. The summed E-state index contributed by atoms with van der Waals surface area (Å²) >= 11 is 1.37. The third-order valence-electron chi connectivity index (χ3n) is 3.92. The van der Waals surface area contributed by atoms with Crippen molar-refractivity contribution in [1.29, 1.82) is 5.26 Å². The van der Waals surface area contributed by atoms with Crippen molar-refractivity contribution in [2.45, 2.75) is 44.6 Å². The van der Waals surface area contributed by atoms with Crippen molar-refractivity contribution in [1.82, 2.24) is 0 Å². The minimum absolute atomic E-state index is 0.124. The maximum absolute atomic E-state index is 12.1. The number of nitriles is 1. The third kappa shape index (κ3) is 2.33. The number of nitrogens with zero attached hydrogens (tertiary/aromatic N) is 1. The number of nitrogen functional groups attached to an aromatic ring is 1. The lowest BCUT2D eigenvalue weighted by molar-refractivity contribution is 0.0972. The molecule has 3 rings (SSSR count). The lowest BCUT2D eigenvalue weighted by atomic mass is 10.1. The predicted molar refractivity (Wildman–Crippen MR) is 76.4 cm³/mol. The van der Waals surface area contributed by atoms with Crippen LogP contribution in [0.15, 0.2) is 0 Å². The van der Waals surface area contributed by atoms with Gasteiger partial charge < -0.3 is 11.1 Å². The standard InChI is InChI=1S/C14H17N3OS/c15-7-10-11(16)13(12(18)8-5-6-8)19-14(10)17-9-3-1-2-4-9/h8-9,17H,1-6,16H2. The molecule has 2 saturated carbocycles. The number of nitrogens with one attached hydrogen (secondary N) is 1. The van der Waals surface area contributed by atoms with Crippen molar-refractivity contribution in [2.24, 2.45) is 5.92 Å². The Bertz CT molecular complexity index is 548. The molecule has 5 heteroatoms. The molecule has 2 aliphatic carbocycles. The summed E-state index contributed by atoms with van der Waals surface area (Å²) in [5, 5.41) is 13.4. The van der Waals surface area contributed by atoms with E-state index in [0.29, 0.717) is 22.2 Å². The Morgan fingerprint density at radius 3 is 2.58 bits per heavy atom. The van der Waals surface area contributed by atoms with E-state index >= 15 is 0 Å². The minimum atomic E-state index is 0.124. The number of rotatable bonds is 4. The lowest BCUT2D eigenvalue weighted by Gasteiger charge is -2.11. The first-order chi connectivity index (χ1) is 9.20. The van der Waals surface area contributed by atoms with Crippen LogP contribution in [0.2, 0.25) is 0 Å². The fourth-order valence-corrected chi connectivity index (χ4v) is 3.79. The van der Waals surface area contributed by atoms with E-state index in [1.807, 2.05) is 0 Å². The number of nitrogens with two attached hydrogens (primary N) is 1. The topological polar surface area (TPSA) is 78.9 Å². The molecule has 1 heterocycles. The quantitative estimate of drug-likeness (QED) is 0.827. The van der Waals surface area contributed by atoms with Crippen LogP contribution in [-0.2, 0) is 0 Å². The number of carbonyl (C=O) groups is 1. The first-order valence-corrected chi connectivity index (χ1v) is 7.65. The molecule has 2 aliphatic rings. The van der Waals surface area contributed by atoms with Crippen molar-refractivity contribution in [3.05, 3.63) is 10.4 Å². The summed E-state index contributed by atoms with van der Waals surface area (Å²) in [6.07, 6.45) is 6.65. The summed E-state index contributed by atoms with van der Waals surface area (Å²) in [5.74, 6) is 0.269. The van der Waals surface area contributed by atoms with Crippen LogP contribution in [0.3, 0.4) is 0 Å². The molecule has 1 aromatic rings. The van der Waals surface area contributed by atoms with Crippen LogP contribution in [-0.4, -0.2) is 11.8 Å². The molecule has 0 aliphatic heterocycles. The summed E-state index contributed by atoms with van der Waals surface area (Å²) in [7, 11) is 0. The van der Waals surface area contributed by atoms with Gasteiger partial charge in [0.05, 0.1) is 10.6 Å². The molecule has 0 saturated heterocycles. The first kappa shape index (κ1) is 12.5. The average Bonchev–Trinajstić information content (AvgIpc) is 3.05. The van der Waals surface area contributed by atoms with Gasteiger partial charge in [0, 0.05) is 12.0 Å². The van der Waals surface area contributed by atoms with Gasteiger partial charge in [0.15, 0.2) is 5.78 Å². The molecular weight excluding hydrogens is 258 g/mol. The SMILES string of the molecule is N#Cc1c(NC2CCCC2)sc(C(=O)C2CC2)c1N. The summed E-state index contributed by atoms with van der Waals surface area (Å²) < 4.78 is 0. The maximum atomic E-state index is 12.1. The zero-order valence-electron chi connectivity index (χ0n) is 10.7. The molecule has 2 fully saturated rings. The second kappa shape index (κ2) is 4.86. The number of ketones is 1. The van der Waals surface area contributed by atoms with Gasteiger partial charge in [-0.05, 0) is 25.7 Å². The van der Waals surface area contributed by atoms with Gasteiger partial charge in [0.25, 0.3) is 0 Å². The summed E-state index contributed by atoms with van der Waals surface area (Å²) in [4.78, 5) is 12.7. The van der Waals surface area contributed by atoms with Gasteiger partial charge in [-0.2, -0.15) is 5.26 Å². The fraction of sp³-hybridized carbons (Fsp3) is 0.571. The van der Waals surface area contributed by atoms with Crippen molar-refractivity contribution in [2.75, 3.05) is 11.1 Å². The largest absolute Gasteiger partial charge is 0.396 e. The molecule has 1 aromatic heterocycles. The molecule has 19 heavy (non-hydrogen) atoms. The van der Waals surface area contributed by atoms with E-state index in [1.54, 1.807) is 0 Å². The lowest BCUT2D eigenvalue weighted by Crippen LogP contribution is -2.14. The van der Waals surface area contributed by atoms with E-state index in [4.69, 9.17) is 5.73 Å². The summed E-state index contributed by atoms with van der Waals surface area (Å²) in [6, 6.07) is 2.57. The second-order valence-corrected chi connectivity index (χ2v) is 6.45. The van der Waals surface area contributed by atoms with Crippen molar-refractivity contribution >= 4 is 27.8 Å². The number of hydrogen-bond donors (Lipinski definition) is 2. The van der Waals surface area contributed by atoms with Crippen LogP contribution in [0.25, 0.3) is 0 Å². The van der Waals surface area contributed by atoms with E-state index in [0.717, 1.165) is 30.7 Å². The molecule has 0 atom stereocenters. The van der Waals surface area contributed by atoms with E-state index < -0.39 is 0 Å². The Morgan fingerprint density at radius 1 is 1.32 bits per heavy atom. The highest BCUT2D eigenvalue weighted by Gasteiger charge is 2.34. The molecule has 100 valence electrons. The zero-order chi connectivity index (χ0) is 13.4. The third-order valence-corrected chi connectivity index (χ3v) is 5.07. The van der Waals surface area contributed by atoms with E-state index in [1.165, 1.54) is 24.2 Å². The Morgan fingerprint density at radius 2 is 2.00 bits per heavy atom. The van der Waals surface area contributed by atoms with Gasteiger partial charge in [-0.15, -0.1) is 11.3 Å². The van der Waals surface area contributed by atoms with Crippen LogP contribution < -0.4 is 11.1 Å². The molecule has 3 N–H and O–H groups in total. The Balaban J connectivity index is 1.88. The van der Waals surface area contributed by atoms with Crippen LogP contribution in [0.1, 0.15) is 53.8 Å². The summed E-state index contributed by atoms with van der Waals surface area (Å²) in [5.41, 5.74) is 6.82. The highest BCUT2D eigenvalue weighted by Crippen LogP contribution is 2.42. The number of Topliss-reactive ketones (excluding diaryl/α,β-unsaturated/α-hetero) is 1. The maximum Gasteiger partial charge on any atom is 0.178 e. The Labute approximate surface area is 116 Å². The highest BCUT2D eigenvalue weighted by molar-refractivity contribution is 7.19. The zero-order valence-corrected chi connectivity index (χ0v) is 11.6. The molecule has 0 unspecified atom stereocenters. The Hall–Kier alpha value is -1.54. The van der Waals surface area contributed by atoms with E-state index in [9.17, 15) is 10.1 Å². The highest BCUT2D eigenvalue weighted by atomic mass is 32.1. The molecule has 0 bridgehead atoms. The molecule has 4 nitrogen and oxygen atoms in total. The second-order valence-electron chi connectivity index (χ2n) is 5.43. The smallest absolute Gasteiger partial charge is 0.178 e. The van der Waals surface area contributed by atoms with Gasteiger partial charge >= 0.3 is 0 Å². The minimum Gasteiger partial charge on any atom is -0.396 e. The summed E-state index contributed by atoms with van der Waals surface area (Å²) in [6.45, 7) is 0. The van der Waals surface area contributed by atoms with Crippen LogP contribution in [0.5, 0.6) is 0 Å². The molecule has 0 spiro atoms. The fourth-order valence-electron chi connectivity index (χ4n) is 2.63. The van der Waals surface area contributed by atoms with Crippen LogP contribution in [0.4, 0.5) is 10.7 Å². The first-order valence-electron chi connectivity index (χ1n) is 6.83. The van der Waals surface area contributed by atoms with Gasteiger partial charge in [-0.3, -0.25) is 4.79 Å². The van der Waals surface area contributed by atoms with Gasteiger partial charge in [-0.1, -0.05) is 12.8 Å². The monoisotopic (exact) mass is 275 g/mol. The number of carbonyl (C=O) groups excluding carboxylic acids is 1.